The van der Waals surface area contributed by atoms with Crippen molar-refractivity contribution in [3.63, 3.8) is 0 Å². The maximum atomic E-state index is 3.64. The highest BCUT2D eigenvalue weighted by Gasteiger charge is 1.93. The third kappa shape index (κ3) is 11.5. The fraction of sp³-hybridized carbons (Fsp3) is 0.692. The van der Waals surface area contributed by atoms with E-state index in [1.807, 2.05) is 12.2 Å². The van der Waals surface area contributed by atoms with Crippen molar-refractivity contribution < 1.29 is 0 Å². The first-order valence-electron chi connectivity index (χ1n) is 5.55. The Bertz CT molecular complexity index is 131. The molecule has 0 nitrogen and oxygen atoms in total. The molecule has 0 bridgehead atoms. The normalized spacial score (nSPS) is 11.3. The van der Waals surface area contributed by atoms with Gasteiger partial charge in [-0.3, -0.25) is 0 Å². The molecule has 0 aliphatic rings. The van der Waals surface area contributed by atoms with Gasteiger partial charge in [0.15, 0.2) is 0 Å². The second-order valence-corrected chi connectivity index (χ2v) is 4.05. The van der Waals surface area contributed by atoms with Gasteiger partial charge in [0.05, 0.1) is 0 Å². The summed E-state index contributed by atoms with van der Waals surface area (Å²) >= 11 is 0. The zero-order valence-corrected chi connectivity index (χ0v) is 9.26. The summed E-state index contributed by atoms with van der Waals surface area (Å²) in [5, 5.41) is 0. The van der Waals surface area contributed by atoms with E-state index < -0.39 is 0 Å². The van der Waals surface area contributed by atoms with Crippen LogP contribution in [0.25, 0.3) is 0 Å². The summed E-state index contributed by atoms with van der Waals surface area (Å²) in [6.45, 7) is 8.24. The van der Waals surface area contributed by atoms with E-state index in [0.717, 1.165) is 5.92 Å². The van der Waals surface area contributed by atoms with Crippen LogP contribution in [0.2, 0.25) is 0 Å². The molecular formula is C13H24. The van der Waals surface area contributed by atoms with Crippen LogP contribution < -0.4 is 0 Å². The van der Waals surface area contributed by atoms with Gasteiger partial charge in [0.1, 0.15) is 0 Å². The number of hydrogen-bond donors (Lipinski definition) is 0. The fourth-order valence-electron chi connectivity index (χ4n) is 1.36. The Labute approximate surface area is 83.7 Å². The molecule has 0 spiro atoms. The summed E-state index contributed by atoms with van der Waals surface area (Å²) in [4.78, 5) is 0. The van der Waals surface area contributed by atoms with Gasteiger partial charge in [0, 0.05) is 0 Å². The lowest BCUT2D eigenvalue weighted by atomic mass is 10.0. The van der Waals surface area contributed by atoms with Crippen LogP contribution in [-0.4, -0.2) is 0 Å². The summed E-state index contributed by atoms with van der Waals surface area (Å²) < 4.78 is 0. The molecule has 13 heavy (non-hydrogen) atoms. The zero-order valence-electron chi connectivity index (χ0n) is 9.26. The van der Waals surface area contributed by atoms with Crippen molar-refractivity contribution in [3.05, 3.63) is 24.8 Å². The number of allylic oxidation sites excluding steroid dienone is 3. The third-order valence-electron chi connectivity index (χ3n) is 2.17. The van der Waals surface area contributed by atoms with Gasteiger partial charge in [0.25, 0.3) is 0 Å². The van der Waals surface area contributed by atoms with Crippen LogP contribution in [0.4, 0.5) is 0 Å². The van der Waals surface area contributed by atoms with Crippen molar-refractivity contribution in [2.45, 2.75) is 52.4 Å². The van der Waals surface area contributed by atoms with E-state index >= 15 is 0 Å². The van der Waals surface area contributed by atoms with Crippen LogP contribution in [0.5, 0.6) is 0 Å². The monoisotopic (exact) mass is 180 g/mol. The fourth-order valence-corrected chi connectivity index (χ4v) is 1.36. The van der Waals surface area contributed by atoms with Gasteiger partial charge in [-0.05, 0) is 18.8 Å². The highest BCUT2D eigenvalue weighted by Crippen LogP contribution is 2.10. The van der Waals surface area contributed by atoms with E-state index in [2.05, 4.69) is 26.5 Å². The van der Waals surface area contributed by atoms with Crippen LogP contribution in [0.3, 0.4) is 0 Å². The maximum Gasteiger partial charge on any atom is -0.0348 e. The summed E-state index contributed by atoms with van der Waals surface area (Å²) in [5.74, 6) is 0.876. The lowest BCUT2D eigenvalue weighted by molar-refractivity contribution is 0.521. The van der Waals surface area contributed by atoms with Crippen LogP contribution in [-0.2, 0) is 0 Å². The molecule has 0 aliphatic heterocycles. The first kappa shape index (κ1) is 12.5. The van der Waals surface area contributed by atoms with Crippen molar-refractivity contribution in [2.75, 3.05) is 0 Å². The van der Waals surface area contributed by atoms with Crippen molar-refractivity contribution in [2.24, 2.45) is 5.92 Å². The van der Waals surface area contributed by atoms with Crippen molar-refractivity contribution in [1.82, 2.24) is 0 Å². The second-order valence-electron chi connectivity index (χ2n) is 4.05. The lowest BCUT2D eigenvalue weighted by Gasteiger charge is -2.02. The van der Waals surface area contributed by atoms with Crippen LogP contribution >= 0.6 is 0 Å². The Balaban J connectivity index is 2.99. The molecular weight excluding hydrogens is 156 g/mol. The van der Waals surface area contributed by atoms with E-state index in [0.29, 0.717) is 0 Å². The summed E-state index contributed by atoms with van der Waals surface area (Å²) in [6, 6.07) is 0. The Morgan fingerprint density at radius 1 is 1.08 bits per heavy atom. The summed E-state index contributed by atoms with van der Waals surface area (Å²) in [6.07, 6.45) is 14.2. The molecule has 0 radical (unpaired) electrons. The van der Waals surface area contributed by atoms with E-state index in [-0.39, 0.29) is 0 Å². The zero-order chi connectivity index (χ0) is 9.94. The SMILES string of the molecule is C=C/C=C/CCCCCCC(C)C. The predicted molar refractivity (Wildman–Crippen MR) is 61.9 cm³/mol. The van der Waals surface area contributed by atoms with E-state index in [1.54, 1.807) is 0 Å². The Kier molecular flexibility index (Phi) is 9.18. The van der Waals surface area contributed by atoms with Gasteiger partial charge < -0.3 is 0 Å². The summed E-state index contributed by atoms with van der Waals surface area (Å²) in [7, 11) is 0. The molecule has 0 aliphatic carbocycles. The minimum Gasteiger partial charge on any atom is -0.0991 e. The van der Waals surface area contributed by atoms with Crippen molar-refractivity contribution in [3.8, 4) is 0 Å². The van der Waals surface area contributed by atoms with Crippen molar-refractivity contribution >= 4 is 0 Å². The average molecular weight is 180 g/mol. The minimum atomic E-state index is 0.876. The van der Waals surface area contributed by atoms with Crippen molar-refractivity contribution in [1.29, 1.82) is 0 Å². The number of unbranched alkanes of at least 4 members (excludes halogenated alkanes) is 4. The Hall–Kier alpha value is -0.520. The molecule has 0 atom stereocenters. The number of rotatable bonds is 8. The summed E-state index contributed by atoms with van der Waals surface area (Å²) in [5.41, 5.74) is 0. The molecule has 0 amide bonds. The molecule has 0 saturated heterocycles. The molecule has 0 unspecified atom stereocenters. The Morgan fingerprint density at radius 3 is 2.38 bits per heavy atom. The number of hydrogen-bond acceptors (Lipinski definition) is 0. The van der Waals surface area contributed by atoms with Gasteiger partial charge in [-0.25, -0.2) is 0 Å². The van der Waals surface area contributed by atoms with Gasteiger partial charge in [-0.2, -0.15) is 0 Å². The van der Waals surface area contributed by atoms with Crippen LogP contribution in [0.15, 0.2) is 24.8 Å². The molecule has 0 aromatic carbocycles. The maximum absolute atomic E-state index is 3.64. The topological polar surface area (TPSA) is 0 Å². The van der Waals surface area contributed by atoms with Gasteiger partial charge in [-0.15, -0.1) is 0 Å². The minimum absolute atomic E-state index is 0.876. The molecule has 0 aromatic rings. The lowest BCUT2D eigenvalue weighted by Crippen LogP contribution is -1.86. The van der Waals surface area contributed by atoms with E-state index in [4.69, 9.17) is 0 Å². The van der Waals surface area contributed by atoms with E-state index in [1.165, 1.54) is 38.5 Å². The molecule has 0 rings (SSSR count). The van der Waals surface area contributed by atoms with Gasteiger partial charge >= 0.3 is 0 Å². The molecule has 0 heterocycles. The third-order valence-corrected chi connectivity index (χ3v) is 2.17. The molecule has 0 fully saturated rings. The largest absolute Gasteiger partial charge is 0.0991 e. The second kappa shape index (κ2) is 9.57. The molecule has 76 valence electrons. The molecule has 0 N–H and O–H groups in total. The van der Waals surface area contributed by atoms with Gasteiger partial charge in [0.2, 0.25) is 0 Å². The first-order chi connectivity index (χ1) is 6.27. The first-order valence-corrected chi connectivity index (χ1v) is 5.55. The molecule has 0 heteroatoms. The van der Waals surface area contributed by atoms with Gasteiger partial charge in [-0.1, -0.05) is 64.3 Å². The molecule has 0 aromatic heterocycles. The predicted octanol–water partition coefficient (Wildman–Crippen LogP) is 4.73. The molecule has 0 saturated carbocycles. The smallest absolute Gasteiger partial charge is 0.0348 e. The average Bonchev–Trinajstić information content (AvgIpc) is 2.09. The van der Waals surface area contributed by atoms with E-state index in [9.17, 15) is 0 Å². The standard InChI is InChI=1S/C13H24/c1-4-5-6-7-8-9-10-11-12-13(2)3/h4-6,13H,1,7-12H2,2-3H3/b6-5+. The highest BCUT2D eigenvalue weighted by molar-refractivity contribution is 4.96. The van der Waals surface area contributed by atoms with Crippen LogP contribution in [0.1, 0.15) is 52.4 Å². The quantitative estimate of drug-likeness (QED) is 0.374. The van der Waals surface area contributed by atoms with Crippen LogP contribution in [0, 0.1) is 5.92 Å². The highest BCUT2D eigenvalue weighted by atomic mass is 14.0. The Morgan fingerprint density at radius 2 is 1.77 bits per heavy atom.